The Morgan fingerprint density at radius 3 is 2.50 bits per heavy atom. The number of carbonyl (C=O) groups is 1. The summed E-state index contributed by atoms with van der Waals surface area (Å²) in [5.41, 5.74) is 1.43. The van der Waals surface area contributed by atoms with Crippen LogP contribution in [0.2, 0.25) is 0 Å². The van der Waals surface area contributed by atoms with E-state index in [4.69, 9.17) is 4.74 Å². The topological polar surface area (TPSA) is 66.5 Å². The van der Waals surface area contributed by atoms with Crippen molar-refractivity contribution in [3.05, 3.63) is 60.3 Å². The number of methoxy groups -OCH3 is 1. The third-order valence-corrected chi connectivity index (χ3v) is 6.04. The van der Waals surface area contributed by atoms with Gasteiger partial charge in [0.05, 0.1) is 18.4 Å². The molecule has 168 valence electrons. The molecule has 4 rings (SSSR count). The summed E-state index contributed by atoms with van der Waals surface area (Å²) in [4.78, 5) is 20.0. The van der Waals surface area contributed by atoms with Gasteiger partial charge in [-0.05, 0) is 56.4 Å². The molecule has 2 aromatic carbocycles. The van der Waals surface area contributed by atoms with Crippen LogP contribution in [0, 0.1) is 0 Å². The highest BCUT2D eigenvalue weighted by Gasteiger charge is 2.15. The van der Waals surface area contributed by atoms with Crippen LogP contribution in [0.25, 0.3) is 10.8 Å². The molecule has 1 fully saturated rings. The molecule has 2 N–H and O–H groups in total. The number of hydrogen-bond donors (Lipinski definition) is 2. The van der Waals surface area contributed by atoms with Crippen molar-refractivity contribution in [1.29, 1.82) is 0 Å². The van der Waals surface area contributed by atoms with Crippen LogP contribution in [0.5, 0.6) is 5.75 Å². The fraction of sp³-hybridized carbons (Fsp3) is 0.385. The average molecular weight is 433 g/mol. The molecule has 32 heavy (non-hydrogen) atoms. The van der Waals surface area contributed by atoms with Gasteiger partial charge in [-0.1, -0.05) is 49.2 Å². The smallest absolute Gasteiger partial charge is 0.253 e. The summed E-state index contributed by atoms with van der Waals surface area (Å²) < 4.78 is 5.44. The van der Waals surface area contributed by atoms with E-state index in [-0.39, 0.29) is 5.91 Å². The van der Waals surface area contributed by atoms with Gasteiger partial charge >= 0.3 is 0 Å². The number of nitrogens with zero attached hydrogens (tertiary/aromatic N) is 2. The first-order valence-corrected chi connectivity index (χ1v) is 11.5. The van der Waals surface area contributed by atoms with E-state index in [0.29, 0.717) is 17.9 Å². The number of rotatable bonds is 8. The van der Waals surface area contributed by atoms with Crippen LogP contribution in [0.1, 0.15) is 42.5 Å². The Labute approximate surface area is 190 Å². The van der Waals surface area contributed by atoms with Gasteiger partial charge in [-0.15, -0.1) is 0 Å². The number of benzene rings is 2. The lowest BCUT2D eigenvalue weighted by Crippen LogP contribution is -2.30. The second kappa shape index (κ2) is 11.0. The predicted octanol–water partition coefficient (Wildman–Crippen LogP) is 4.98. The second-order valence-electron chi connectivity index (χ2n) is 8.26. The number of aromatic nitrogens is 1. The molecule has 6 nitrogen and oxygen atoms in total. The highest BCUT2D eigenvalue weighted by atomic mass is 16.5. The highest BCUT2D eigenvalue weighted by Crippen LogP contribution is 2.31. The molecule has 1 aliphatic rings. The molecule has 0 atom stereocenters. The summed E-state index contributed by atoms with van der Waals surface area (Å²) in [7, 11) is 1.65. The minimum absolute atomic E-state index is 0.0755. The van der Waals surface area contributed by atoms with Gasteiger partial charge in [-0.3, -0.25) is 4.79 Å². The van der Waals surface area contributed by atoms with E-state index in [0.717, 1.165) is 35.2 Å². The average Bonchev–Trinajstić information content (AvgIpc) is 3.11. The molecule has 1 aliphatic heterocycles. The van der Waals surface area contributed by atoms with Gasteiger partial charge in [0.2, 0.25) is 0 Å². The Balaban J connectivity index is 1.44. The first-order valence-electron chi connectivity index (χ1n) is 11.5. The van der Waals surface area contributed by atoms with E-state index >= 15 is 0 Å². The zero-order valence-corrected chi connectivity index (χ0v) is 18.8. The zero-order chi connectivity index (χ0) is 22.2. The third-order valence-electron chi connectivity index (χ3n) is 6.04. The molecule has 0 bridgehead atoms. The molecule has 0 aliphatic carbocycles. The second-order valence-corrected chi connectivity index (χ2v) is 8.26. The maximum atomic E-state index is 12.9. The Morgan fingerprint density at radius 2 is 1.72 bits per heavy atom. The molecule has 3 aromatic rings. The Morgan fingerprint density at radius 1 is 1.00 bits per heavy atom. The lowest BCUT2D eigenvalue weighted by atomic mass is 10.1. The number of nitrogens with one attached hydrogen (secondary N) is 2. The van der Waals surface area contributed by atoms with E-state index in [9.17, 15) is 4.79 Å². The summed E-state index contributed by atoms with van der Waals surface area (Å²) in [5, 5.41) is 8.22. The zero-order valence-electron chi connectivity index (χ0n) is 18.8. The molecule has 0 saturated carbocycles. The third kappa shape index (κ3) is 5.37. The van der Waals surface area contributed by atoms with Gasteiger partial charge < -0.3 is 20.3 Å². The summed E-state index contributed by atoms with van der Waals surface area (Å²) in [6, 6.07) is 15.6. The number of carbonyl (C=O) groups excluding carboxylic acids is 1. The highest BCUT2D eigenvalue weighted by molar-refractivity contribution is 6.09. The van der Waals surface area contributed by atoms with Crippen molar-refractivity contribution in [3.63, 3.8) is 0 Å². The van der Waals surface area contributed by atoms with Crippen molar-refractivity contribution in [1.82, 2.24) is 15.2 Å². The summed E-state index contributed by atoms with van der Waals surface area (Å²) in [6.45, 7) is 4.08. The fourth-order valence-electron chi connectivity index (χ4n) is 4.31. The molecule has 6 heteroatoms. The SMILES string of the molecule is COc1ccccc1Nc1ncc(C(=O)NCCCN2CCCCCC2)c2ccccc12. The van der Waals surface area contributed by atoms with Crippen LogP contribution in [-0.2, 0) is 0 Å². The number of amides is 1. The van der Waals surface area contributed by atoms with Crippen LogP contribution in [0.4, 0.5) is 11.5 Å². The predicted molar refractivity (Wildman–Crippen MR) is 130 cm³/mol. The molecule has 0 unspecified atom stereocenters. The molecular formula is C26H32N4O2. The van der Waals surface area contributed by atoms with Crippen LogP contribution in [-0.4, -0.2) is 49.1 Å². The number of anilines is 2. The number of hydrogen-bond acceptors (Lipinski definition) is 5. The van der Waals surface area contributed by atoms with E-state index < -0.39 is 0 Å². The number of likely N-dealkylation sites (tertiary alicyclic amines) is 1. The first kappa shape index (κ1) is 22.1. The van der Waals surface area contributed by atoms with Crippen LogP contribution in [0.15, 0.2) is 54.7 Å². The summed E-state index contributed by atoms with van der Waals surface area (Å²) in [5.74, 6) is 1.36. The number of pyridine rings is 1. The van der Waals surface area contributed by atoms with Crippen molar-refractivity contribution in [2.24, 2.45) is 0 Å². The van der Waals surface area contributed by atoms with E-state index in [1.165, 1.54) is 38.8 Å². The quantitative estimate of drug-likeness (QED) is 0.491. The number of para-hydroxylation sites is 2. The molecule has 0 radical (unpaired) electrons. The van der Waals surface area contributed by atoms with E-state index in [2.05, 4.69) is 20.5 Å². The largest absolute Gasteiger partial charge is 0.495 e. The monoisotopic (exact) mass is 432 g/mol. The molecule has 0 spiro atoms. The van der Waals surface area contributed by atoms with Gasteiger partial charge in [0.1, 0.15) is 11.6 Å². The van der Waals surface area contributed by atoms with Crippen molar-refractivity contribution in [2.45, 2.75) is 32.1 Å². The van der Waals surface area contributed by atoms with E-state index in [1.54, 1.807) is 13.3 Å². The maximum Gasteiger partial charge on any atom is 0.253 e. The molecule has 1 aromatic heterocycles. The standard InChI is InChI=1S/C26H32N4O2/c1-32-24-14-7-6-13-23(24)29-25-21-12-5-4-11-20(21)22(19-28-25)26(31)27-15-10-18-30-16-8-2-3-9-17-30/h4-7,11-14,19H,2-3,8-10,15-18H2,1H3,(H,27,31)(H,28,29). The summed E-state index contributed by atoms with van der Waals surface area (Å²) in [6.07, 6.45) is 7.89. The van der Waals surface area contributed by atoms with Crippen molar-refractivity contribution >= 4 is 28.2 Å². The molecule has 1 amide bonds. The van der Waals surface area contributed by atoms with Crippen LogP contribution in [0.3, 0.4) is 0 Å². The van der Waals surface area contributed by atoms with Gasteiger partial charge in [-0.2, -0.15) is 0 Å². The van der Waals surface area contributed by atoms with Crippen molar-refractivity contribution in [2.75, 3.05) is 38.6 Å². The van der Waals surface area contributed by atoms with Crippen molar-refractivity contribution < 1.29 is 9.53 Å². The maximum absolute atomic E-state index is 12.9. The molecular weight excluding hydrogens is 400 g/mol. The Hall–Kier alpha value is -3.12. The minimum Gasteiger partial charge on any atom is -0.495 e. The van der Waals surface area contributed by atoms with Crippen LogP contribution >= 0.6 is 0 Å². The Kier molecular flexibility index (Phi) is 7.56. The first-order chi connectivity index (χ1) is 15.8. The lowest BCUT2D eigenvalue weighted by molar-refractivity contribution is 0.0953. The van der Waals surface area contributed by atoms with E-state index in [1.807, 2.05) is 48.5 Å². The van der Waals surface area contributed by atoms with Gasteiger partial charge in [-0.25, -0.2) is 4.98 Å². The summed E-state index contributed by atoms with van der Waals surface area (Å²) >= 11 is 0. The molecule has 2 heterocycles. The van der Waals surface area contributed by atoms with Gasteiger partial charge in [0.15, 0.2) is 0 Å². The van der Waals surface area contributed by atoms with Gasteiger partial charge in [0, 0.05) is 18.1 Å². The normalized spacial score (nSPS) is 14.7. The molecule has 1 saturated heterocycles. The van der Waals surface area contributed by atoms with Gasteiger partial charge in [0.25, 0.3) is 5.91 Å². The van der Waals surface area contributed by atoms with Crippen LogP contribution < -0.4 is 15.4 Å². The minimum atomic E-state index is -0.0755. The number of fused-ring (bicyclic) bond motifs is 1. The number of ether oxygens (including phenoxy) is 1. The fourth-order valence-corrected chi connectivity index (χ4v) is 4.31. The Bertz CT molecular complexity index is 1040. The lowest BCUT2D eigenvalue weighted by Gasteiger charge is -2.19. The van der Waals surface area contributed by atoms with Crippen molar-refractivity contribution in [3.8, 4) is 5.75 Å².